The van der Waals surface area contributed by atoms with Crippen LogP contribution >= 0.6 is 0 Å². The van der Waals surface area contributed by atoms with E-state index in [4.69, 9.17) is 5.11 Å². The van der Waals surface area contributed by atoms with Crippen molar-refractivity contribution in [2.45, 2.75) is 12.5 Å². The summed E-state index contributed by atoms with van der Waals surface area (Å²) in [5, 5.41) is 19.0. The molecule has 1 aliphatic rings. The lowest BCUT2D eigenvalue weighted by Gasteiger charge is -2.12. The first-order valence-corrected chi connectivity index (χ1v) is 4.83. The third kappa shape index (κ3) is 2.50. The average Bonchev–Trinajstić information content (AvgIpc) is 2.69. The van der Waals surface area contributed by atoms with Crippen LogP contribution in [0.1, 0.15) is 6.42 Å². The predicted molar refractivity (Wildman–Crippen MR) is 53.7 cm³/mol. The molecule has 0 fully saturated rings. The van der Waals surface area contributed by atoms with E-state index in [-0.39, 0.29) is 18.6 Å². The van der Waals surface area contributed by atoms with Crippen molar-refractivity contribution in [1.29, 1.82) is 0 Å². The zero-order valence-electron chi connectivity index (χ0n) is 8.10. The summed E-state index contributed by atoms with van der Waals surface area (Å²) in [5.41, 5.74) is 0. The summed E-state index contributed by atoms with van der Waals surface area (Å²) in [6.45, 7) is 0.157. The van der Waals surface area contributed by atoms with Gasteiger partial charge >= 0.3 is 0 Å². The van der Waals surface area contributed by atoms with E-state index < -0.39 is 5.95 Å². The summed E-state index contributed by atoms with van der Waals surface area (Å²) in [6, 6.07) is 2.95. The van der Waals surface area contributed by atoms with E-state index in [1.165, 1.54) is 6.07 Å². The van der Waals surface area contributed by atoms with Gasteiger partial charge in [-0.2, -0.15) is 4.39 Å². The van der Waals surface area contributed by atoms with Gasteiger partial charge in [-0.25, -0.2) is 0 Å². The van der Waals surface area contributed by atoms with Crippen LogP contribution in [0.4, 0.5) is 10.2 Å². The Morgan fingerprint density at radius 1 is 1.40 bits per heavy atom. The van der Waals surface area contributed by atoms with E-state index in [9.17, 15) is 4.39 Å². The van der Waals surface area contributed by atoms with Crippen molar-refractivity contribution in [2.24, 2.45) is 5.92 Å². The Morgan fingerprint density at radius 2 is 2.27 bits per heavy atom. The molecular weight excluding hydrogens is 197 g/mol. The van der Waals surface area contributed by atoms with Crippen LogP contribution < -0.4 is 5.32 Å². The molecule has 0 amide bonds. The van der Waals surface area contributed by atoms with Gasteiger partial charge in [-0.15, -0.1) is 10.2 Å². The van der Waals surface area contributed by atoms with Crippen LogP contribution in [0.15, 0.2) is 24.3 Å². The first-order valence-electron chi connectivity index (χ1n) is 4.83. The highest BCUT2D eigenvalue weighted by molar-refractivity contribution is 5.35. The first-order chi connectivity index (χ1) is 7.28. The molecule has 0 aliphatic heterocycles. The van der Waals surface area contributed by atoms with Crippen molar-refractivity contribution >= 4 is 5.82 Å². The molecule has 0 saturated heterocycles. The Labute approximate surface area is 86.8 Å². The number of rotatable bonds is 3. The lowest BCUT2D eigenvalue weighted by molar-refractivity contribution is 0.250. The maximum atomic E-state index is 12.5. The molecule has 0 saturated carbocycles. The fourth-order valence-electron chi connectivity index (χ4n) is 1.60. The summed E-state index contributed by atoms with van der Waals surface area (Å²) in [7, 11) is 0. The van der Waals surface area contributed by atoms with Gasteiger partial charge in [0.15, 0.2) is 0 Å². The number of halogens is 1. The van der Waals surface area contributed by atoms with Crippen molar-refractivity contribution in [3.05, 3.63) is 30.2 Å². The van der Waals surface area contributed by atoms with E-state index in [0.717, 1.165) is 6.42 Å². The van der Waals surface area contributed by atoms with Crippen molar-refractivity contribution in [3.63, 3.8) is 0 Å². The minimum Gasteiger partial charge on any atom is -0.396 e. The number of anilines is 1. The predicted octanol–water partition coefficient (Wildman–Crippen LogP) is 0.965. The molecule has 0 radical (unpaired) electrons. The molecule has 2 rings (SSSR count). The highest BCUT2D eigenvalue weighted by atomic mass is 19.1. The molecule has 1 heterocycles. The van der Waals surface area contributed by atoms with Crippen LogP contribution in [0.25, 0.3) is 0 Å². The molecule has 5 heteroatoms. The van der Waals surface area contributed by atoms with Gasteiger partial charge in [0, 0.05) is 18.6 Å². The minimum atomic E-state index is -0.587. The Kier molecular flexibility index (Phi) is 2.91. The molecule has 4 nitrogen and oxygen atoms in total. The Morgan fingerprint density at radius 3 is 2.87 bits per heavy atom. The normalized spacial score (nSPS) is 24.4. The summed E-state index contributed by atoms with van der Waals surface area (Å²) in [5.74, 6) is 0.163. The first kappa shape index (κ1) is 10.0. The van der Waals surface area contributed by atoms with Gasteiger partial charge in [-0.1, -0.05) is 12.2 Å². The van der Waals surface area contributed by atoms with Gasteiger partial charge in [-0.05, 0) is 18.6 Å². The quantitative estimate of drug-likeness (QED) is 0.728. The Balaban J connectivity index is 1.93. The molecule has 80 valence electrons. The second kappa shape index (κ2) is 4.35. The second-order valence-corrected chi connectivity index (χ2v) is 3.56. The number of aliphatic hydroxyl groups is 1. The molecule has 0 spiro atoms. The largest absolute Gasteiger partial charge is 0.396 e. The van der Waals surface area contributed by atoms with Gasteiger partial charge in [0.05, 0.1) is 0 Å². The Hall–Kier alpha value is -1.49. The fraction of sp³-hybridized carbons (Fsp3) is 0.400. The van der Waals surface area contributed by atoms with Crippen LogP contribution in [0.2, 0.25) is 0 Å². The molecule has 15 heavy (non-hydrogen) atoms. The highest BCUT2D eigenvalue weighted by Gasteiger charge is 2.18. The summed E-state index contributed by atoms with van der Waals surface area (Å²) in [4.78, 5) is 0. The SMILES string of the molecule is OC[C@H]1C=C[C@@H](Nc2ccc(F)nn2)C1. The topological polar surface area (TPSA) is 58.0 Å². The fourth-order valence-corrected chi connectivity index (χ4v) is 1.60. The van der Waals surface area contributed by atoms with Crippen LogP contribution in [0.3, 0.4) is 0 Å². The van der Waals surface area contributed by atoms with Gasteiger partial charge in [0.1, 0.15) is 5.82 Å². The van der Waals surface area contributed by atoms with Gasteiger partial charge in [0.2, 0.25) is 5.95 Å². The maximum Gasteiger partial charge on any atom is 0.233 e. The van der Waals surface area contributed by atoms with E-state index in [1.807, 2.05) is 12.2 Å². The lowest BCUT2D eigenvalue weighted by Crippen LogP contribution is -2.17. The zero-order valence-corrected chi connectivity index (χ0v) is 8.10. The van der Waals surface area contributed by atoms with Gasteiger partial charge < -0.3 is 10.4 Å². The number of nitrogens with zero attached hydrogens (tertiary/aromatic N) is 2. The summed E-state index contributed by atoms with van der Waals surface area (Å²) >= 11 is 0. The van der Waals surface area contributed by atoms with Crippen LogP contribution in [-0.4, -0.2) is 28.0 Å². The minimum absolute atomic E-state index is 0.141. The molecular formula is C10H12FN3O. The van der Waals surface area contributed by atoms with Crippen LogP contribution in [0.5, 0.6) is 0 Å². The molecule has 1 aliphatic carbocycles. The van der Waals surface area contributed by atoms with E-state index >= 15 is 0 Å². The van der Waals surface area contributed by atoms with Gasteiger partial charge in [-0.3, -0.25) is 0 Å². The molecule has 2 N–H and O–H groups in total. The standard InChI is InChI=1S/C10H12FN3O/c11-9-3-4-10(14-13-9)12-8-2-1-7(5-8)6-15/h1-4,7-8,15H,5-6H2,(H,12,14)/t7-,8+/m0/s1. The van der Waals surface area contributed by atoms with Crippen molar-refractivity contribution in [3.8, 4) is 0 Å². The van der Waals surface area contributed by atoms with E-state index in [0.29, 0.717) is 5.82 Å². The third-order valence-corrected chi connectivity index (χ3v) is 2.37. The summed E-state index contributed by atoms with van der Waals surface area (Å²) in [6.07, 6.45) is 4.77. The molecule has 1 aromatic rings. The summed E-state index contributed by atoms with van der Waals surface area (Å²) < 4.78 is 12.5. The molecule has 0 bridgehead atoms. The smallest absolute Gasteiger partial charge is 0.233 e. The number of hydrogen-bond acceptors (Lipinski definition) is 4. The average molecular weight is 209 g/mol. The molecule has 2 atom stereocenters. The van der Waals surface area contributed by atoms with Gasteiger partial charge in [0.25, 0.3) is 0 Å². The second-order valence-electron chi connectivity index (χ2n) is 3.56. The molecule has 0 aromatic carbocycles. The monoisotopic (exact) mass is 209 g/mol. The van der Waals surface area contributed by atoms with Crippen molar-refractivity contribution < 1.29 is 9.50 Å². The zero-order chi connectivity index (χ0) is 10.7. The lowest BCUT2D eigenvalue weighted by atomic mass is 10.1. The van der Waals surface area contributed by atoms with Crippen LogP contribution in [-0.2, 0) is 0 Å². The van der Waals surface area contributed by atoms with Crippen molar-refractivity contribution in [1.82, 2.24) is 10.2 Å². The van der Waals surface area contributed by atoms with Crippen molar-refractivity contribution in [2.75, 3.05) is 11.9 Å². The number of hydrogen-bond donors (Lipinski definition) is 2. The van der Waals surface area contributed by atoms with E-state index in [1.54, 1.807) is 6.07 Å². The molecule has 0 unspecified atom stereocenters. The highest BCUT2D eigenvalue weighted by Crippen LogP contribution is 2.19. The third-order valence-electron chi connectivity index (χ3n) is 2.37. The molecule has 1 aromatic heterocycles. The Bertz CT molecular complexity index is 352. The number of aliphatic hydroxyl groups excluding tert-OH is 1. The number of nitrogens with one attached hydrogen (secondary N) is 1. The van der Waals surface area contributed by atoms with E-state index in [2.05, 4.69) is 15.5 Å². The van der Waals surface area contributed by atoms with Crippen LogP contribution in [0, 0.1) is 11.9 Å². The number of aromatic nitrogens is 2. The maximum absolute atomic E-state index is 12.5.